The Morgan fingerprint density at radius 3 is 2.90 bits per heavy atom. The number of ether oxygens (including phenoxy) is 3. The predicted octanol–water partition coefficient (Wildman–Crippen LogP) is 5.02. The summed E-state index contributed by atoms with van der Waals surface area (Å²) in [4.78, 5) is 21.7. The quantitative estimate of drug-likeness (QED) is 0.312. The molecule has 0 radical (unpaired) electrons. The third-order valence-electron chi connectivity index (χ3n) is 7.04. The maximum absolute atomic E-state index is 12.6. The molecule has 4 heterocycles. The standard InChI is InChI=1S/C31H31N5O4/c32-26-17-20-6-8-25(26)27-10-13-34-31(36-27)35-23-7-9-28(22(16-23)18-38-14-2-1-12-33-30(20)37)40-19-21-4-3-5-29-24(21)11-15-39-29/h3-10,13,16-17H,1-2,11-12,14-15,18-19,32H2,(H,33,37)(H,34,35,36). The number of hydrogen-bond acceptors (Lipinski definition) is 8. The van der Waals surface area contributed by atoms with Gasteiger partial charge < -0.3 is 30.6 Å². The van der Waals surface area contributed by atoms with E-state index in [2.05, 4.69) is 26.7 Å². The van der Waals surface area contributed by atoms with Crippen LogP contribution in [0.4, 0.5) is 17.3 Å². The van der Waals surface area contributed by atoms with Crippen molar-refractivity contribution in [2.75, 3.05) is 30.8 Å². The summed E-state index contributed by atoms with van der Waals surface area (Å²) in [5.74, 6) is 1.96. The van der Waals surface area contributed by atoms with Crippen molar-refractivity contribution in [3.63, 3.8) is 0 Å². The molecule has 1 aromatic heterocycles. The fourth-order valence-electron chi connectivity index (χ4n) is 4.95. The number of anilines is 3. The molecule has 0 unspecified atom stereocenters. The fraction of sp³-hybridized carbons (Fsp3) is 0.258. The minimum atomic E-state index is -0.157. The van der Waals surface area contributed by atoms with Crippen molar-refractivity contribution in [3.8, 4) is 22.8 Å². The summed E-state index contributed by atoms with van der Waals surface area (Å²) >= 11 is 0. The van der Waals surface area contributed by atoms with Gasteiger partial charge in [0, 0.05) is 59.4 Å². The molecule has 4 N–H and O–H groups in total. The van der Waals surface area contributed by atoms with Crippen LogP contribution in [0, 0.1) is 0 Å². The van der Waals surface area contributed by atoms with Crippen LogP contribution in [-0.4, -0.2) is 35.6 Å². The molecule has 204 valence electrons. The topological polar surface area (TPSA) is 121 Å². The van der Waals surface area contributed by atoms with Gasteiger partial charge in [-0.2, -0.15) is 0 Å². The zero-order valence-corrected chi connectivity index (χ0v) is 22.1. The monoisotopic (exact) mass is 537 g/mol. The number of fused-ring (bicyclic) bond motifs is 10. The first-order chi connectivity index (χ1) is 19.6. The van der Waals surface area contributed by atoms with Gasteiger partial charge in [-0.15, -0.1) is 0 Å². The molecule has 0 saturated carbocycles. The Kier molecular flexibility index (Phi) is 7.45. The normalized spacial score (nSPS) is 15.1. The number of hydrogen-bond donors (Lipinski definition) is 3. The van der Waals surface area contributed by atoms with Gasteiger partial charge in [-0.1, -0.05) is 12.1 Å². The number of nitrogens with one attached hydrogen (secondary N) is 2. The van der Waals surface area contributed by atoms with Crippen LogP contribution in [0.25, 0.3) is 11.3 Å². The van der Waals surface area contributed by atoms with E-state index in [1.807, 2.05) is 36.4 Å². The van der Waals surface area contributed by atoms with E-state index in [0.29, 0.717) is 55.9 Å². The van der Waals surface area contributed by atoms with Gasteiger partial charge in [-0.25, -0.2) is 9.97 Å². The van der Waals surface area contributed by atoms with Gasteiger partial charge in [0.25, 0.3) is 5.91 Å². The number of nitrogens with two attached hydrogens (primary N) is 1. The van der Waals surface area contributed by atoms with Crippen molar-refractivity contribution in [1.82, 2.24) is 15.3 Å². The predicted molar refractivity (Wildman–Crippen MR) is 153 cm³/mol. The second kappa shape index (κ2) is 11.6. The molecular formula is C31H31N5O4. The second-order valence-electron chi connectivity index (χ2n) is 9.81. The van der Waals surface area contributed by atoms with Crippen LogP contribution in [-0.2, 0) is 24.4 Å². The fourth-order valence-corrected chi connectivity index (χ4v) is 4.95. The van der Waals surface area contributed by atoms with Crippen LogP contribution < -0.4 is 25.8 Å². The largest absolute Gasteiger partial charge is 0.493 e. The Morgan fingerprint density at radius 2 is 1.98 bits per heavy atom. The summed E-state index contributed by atoms with van der Waals surface area (Å²) in [5, 5.41) is 6.25. The first-order valence-electron chi connectivity index (χ1n) is 13.5. The lowest BCUT2D eigenvalue weighted by molar-refractivity contribution is 0.0945. The maximum atomic E-state index is 12.6. The van der Waals surface area contributed by atoms with Crippen molar-refractivity contribution in [2.24, 2.45) is 0 Å². The highest BCUT2D eigenvalue weighted by atomic mass is 16.5. The Hall–Kier alpha value is -4.63. The van der Waals surface area contributed by atoms with Gasteiger partial charge in [-0.3, -0.25) is 4.79 Å². The maximum Gasteiger partial charge on any atom is 0.251 e. The molecular weight excluding hydrogens is 506 g/mol. The van der Waals surface area contributed by atoms with E-state index >= 15 is 0 Å². The number of rotatable bonds is 3. The molecule has 4 aromatic rings. The minimum absolute atomic E-state index is 0.157. The van der Waals surface area contributed by atoms with Gasteiger partial charge >= 0.3 is 0 Å². The van der Waals surface area contributed by atoms with Gasteiger partial charge in [-0.05, 0) is 66.9 Å². The van der Waals surface area contributed by atoms with E-state index in [1.165, 1.54) is 5.56 Å². The Labute approximate surface area is 232 Å². The van der Waals surface area contributed by atoms with Crippen LogP contribution in [0.1, 0.15) is 39.9 Å². The summed E-state index contributed by atoms with van der Waals surface area (Å²) in [6.45, 7) is 2.64. The second-order valence-corrected chi connectivity index (χ2v) is 9.81. The number of amides is 1. The van der Waals surface area contributed by atoms with Crippen molar-refractivity contribution in [1.29, 1.82) is 0 Å². The van der Waals surface area contributed by atoms with Crippen molar-refractivity contribution >= 4 is 23.2 Å². The van der Waals surface area contributed by atoms with Crippen molar-refractivity contribution in [3.05, 3.63) is 89.1 Å². The Balaban J connectivity index is 1.27. The van der Waals surface area contributed by atoms with E-state index in [0.717, 1.165) is 53.1 Å². The third-order valence-corrected chi connectivity index (χ3v) is 7.04. The molecule has 6 bridgehead atoms. The lowest BCUT2D eigenvalue weighted by Gasteiger charge is -2.15. The van der Waals surface area contributed by atoms with E-state index in [-0.39, 0.29) is 5.91 Å². The number of nitrogen functional groups attached to an aromatic ring is 1. The first-order valence-corrected chi connectivity index (χ1v) is 13.5. The molecule has 9 nitrogen and oxygen atoms in total. The number of nitrogens with zero attached hydrogens (tertiary/aromatic N) is 2. The number of benzene rings is 3. The number of aromatic nitrogens is 2. The van der Waals surface area contributed by atoms with Gasteiger partial charge in [0.2, 0.25) is 5.95 Å². The highest BCUT2D eigenvalue weighted by Gasteiger charge is 2.17. The Morgan fingerprint density at radius 1 is 1.02 bits per heavy atom. The number of carbonyl (C=O) groups is 1. The lowest BCUT2D eigenvalue weighted by atomic mass is 10.1. The van der Waals surface area contributed by atoms with Crippen LogP contribution in [0.15, 0.2) is 66.9 Å². The van der Waals surface area contributed by atoms with Crippen LogP contribution in [0.2, 0.25) is 0 Å². The molecule has 0 saturated heterocycles. The van der Waals surface area contributed by atoms with E-state index < -0.39 is 0 Å². The van der Waals surface area contributed by atoms with E-state index in [4.69, 9.17) is 19.9 Å². The molecule has 7 rings (SSSR count). The Bertz CT molecular complexity index is 1540. The summed E-state index contributed by atoms with van der Waals surface area (Å²) in [7, 11) is 0. The average molecular weight is 538 g/mol. The SMILES string of the molecule is Nc1cc2ccc1-c1ccnc(n1)Nc1ccc(OCc3cccc4c3CCO4)c(c1)COCCCCNC2=O. The smallest absolute Gasteiger partial charge is 0.251 e. The summed E-state index contributed by atoms with van der Waals surface area (Å²) in [5.41, 5.74) is 12.8. The number of carbonyl (C=O) groups excluding carboxylic acids is 1. The lowest BCUT2D eigenvalue weighted by Crippen LogP contribution is -2.24. The first kappa shape index (κ1) is 25.6. The molecule has 40 heavy (non-hydrogen) atoms. The molecule has 0 aliphatic carbocycles. The van der Waals surface area contributed by atoms with Gasteiger partial charge in [0.05, 0.1) is 18.9 Å². The molecule has 3 aliphatic heterocycles. The molecule has 3 aliphatic rings. The van der Waals surface area contributed by atoms with Gasteiger partial charge in [0.1, 0.15) is 18.1 Å². The van der Waals surface area contributed by atoms with E-state index in [1.54, 1.807) is 24.4 Å². The van der Waals surface area contributed by atoms with Gasteiger partial charge in [0.15, 0.2) is 0 Å². The van der Waals surface area contributed by atoms with Crippen LogP contribution in [0.5, 0.6) is 11.5 Å². The summed E-state index contributed by atoms with van der Waals surface area (Å²) in [6, 6.07) is 19.0. The molecule has 0 atom stereocenters. The minimum Gasteiger partial charge on any atom is -0.493 e. The zero-order chi connectivity index (χ0) is 27.3. The molecule has 3 aromatic carbocycles. The highest BCUT2D eigenvalue weighted by Crippen LogP contribution is 2.31. The zero-order valence-electron chi connectivity index (χ0n) is 22.1. The highest BCUT2D eigenvalue weighted by molar-refractivity contribution is 5.96. The molecule has 1 amide bonds. The third kappa shape index (κ3) is 5.69. The summed E-state index contributed by atoms with van der Waals surface area (Å²) < 4.78 is 18.0. The molecule has 9 heteroatoms. The summed E-state index contributed by atoms with van der Waals surface area (Å²) in [6.07, 6.45) is 4.18. The van der Waals surface area contributed by atoms with Crippen LogP contribution >= 0.6 is 0 Å². The molecule has 0 spiro atoms. The average Bonchev–Trinajstić information content (AvgIpc) is 3.45. The molecule has 0 fully saturated rings. The van der Waals surface area contributed by atoms with Crippen molar-refractivity contribution in [2.45, 2.75) is 32.5 Å². The van der Waals surface area contributed by atoms with Crippen molar-refractivity contribution < 1.29 is 19.0 Å². The van der Waals surface area contributed by atoms with E-state index in [9.17, 15) is 4.79 Å². The van der Waals surface area contributed by atoms with Crippen LogP contribution in [0.3, 0.4) is 0 Å².